The molecule has 0 aliphatic heterocycles. The van der Waals surface area contributed by atoms with Crippen molar-refractivity contribution in [3.8, 4) is 0 Å². The Kier molecular flexibility index (Phi) is 54.3. The number of carbonyl (C=O) groups excluding carboxylic acids is 3. The average molecular weight is 952 g/mol. The van der Waals surface area contributed by atoms with Gasteiger partial charge >= 0.3 is 17.9 Å². The smallest absolute Gasteiger partial charge is 0.306 e. The molecule has 1 atom stereocenters. The Bertz CT molecular complexity index is 1230. The molecule has 0 saturated carbocycles. The second-order valence-corrected chi connectivity index (χ2v) is 19.5. The summed E-state index contributed by atoms with van der Waals surface area (Å²) < 4.78 is 16.8. The predicted octanol–water partition coefficient (Wildman–Crippen LogP) is 19.6. The van der Waals surface area contributed by atoms with Crippen molar-refractivity contribution >= 4 is 17.9 Å². The zero-order valence-electron chi connectivity index (χ0n) is 45.1. The molecule has 0 aliphatic rings. The first-order valence-electron chi connectivity index (χ1n) is 29.3. The van der Waals surface area contributed by atoms with Crippen LogP contribution < -0.4 is 0 Å². The zero-order valence-corrected chi connectivity index (χ0v) is 45.1. The molecule has 0 aromatic heterocycles. The summed E-state index contributed by atoms with van der Waals surface area (Å²) in [6.45, 7) is 6.59. The Labute approximate surface area is 421 Å². The molecule has 0 rings (SSSR count). The zero-order chi connectivity index (χ0) is 49.3. The van der Waals surface area contributed by atoms with E-state index in [1.54, 1.807) is 0 Å². The van der Waals surface area contributed by atoms with E-state index in [0.717, 1.165) is 64.2 Å². The van der Waals surface area contributed by atoms with Crippen LogP contribution in [-0.2, 0) is 28.6 Å². The molecule has 68 heavy (non-hydrogen) atoms. The fourth-order valence-corrected chi connectivity index (χ4v) is 8.27. The Hall–Kier alpha value is -2.89. The van der Waals surface area contributed by atoms with Gasteiger partial charge in [0.2, 0.25) is 0 Å². The lowest BCUT2D eigenvalue weighted by Gasteiger charge is -2.18. The molecule has 0 N–H and O–H groups in total. The summed E-state index contributed by atoms with van der Waals surface area (Å²) in [5.74, 6) is -0.953. The van der Waals surface area contributed by atoms with Crippen LogP contribution in [0.1, 0.15) is 297 Å². The van der Waals surface area contributed by atoms with Crippen molar-refractivity contribution < 1.29 is 28.6 Å². The maximum atomic E-state index is 12.8. The van der Waals surface area contributed by atoms with E-state index in [2.05, 4.69) is 81.5 Å². The summed E-state index contributed by atoms with van der Waals surface area (Å²) in [6, 6.07) is 0. The van der Waals surface area contributed by atoms with E-state index in [1.165, 1.54) is 186 Å². The van der Waals surface area contributed by atoms with Gasteiger partial charge in [-0.3, -0.25) is 14.4 Å². The van der Waals surface area contributed by atoms with Crippen LogP contribution in [0.5, 0.6) is 0 Å². The summed E-state index contributed by atoms with van der Waals surface area (Å²) in [7, 11) is 0. The standard InChI is InChI=1S/C62H110O6/c1-4-7-10-13-16-19-22-25-28-30-32-34-37-40-43-46-49-52-55-61(64)67-58-59(57-66-60(63)54-51-48-45-42-39-36-33-27-24-21-18-15-12-9-6-3)68-62(65)56-53-50-47-44-41-38-35-31-29-26-23-20-17-14-11-8-5-2/h21,24,26,29,32,34-35,38,44,47,59H,4-20,22-23,25,27-28,30-31,33,36-37,39-43,45-46,48-58H2,1-3H3/b24-21-,29-26-,34-32-,38-35-,47-44-. The minimum Gasteiger partial charge on any atom is -0.462 e. The first-order valence-corrected chi connectivity index (χ1v) is 29.3. The summed E-state index contributed by atoms with van der Waals surface area (Å²) in [5, 5.41) is 0. The second-order valence-electron chi connectivity index (χ2n) is 19.5. The number of ether oxygens (including phenoxy) is 3. The molecular formula is C62H110O6. The van der Waals surface area contributed by atoms with Gasteiger partial charge in [-0.2, -0.15) is 0 Å². The van der Waals surface area contributed by atoms with Gasteiger partial charge in [0.25, 0.3) is 0 Å². The first-order chi connectivity index (χ1) is 33.5. The van der Waals surface area contributed by atoms with Crippen molar-refractivity contribution in [3.05, 3.63) is 60.8 Å². The monoisotopic (exact) mass is 951 g/mol. The molecule has 0 heterocycles. The van der Waals surface area contributed by atoms with Crippen molar-refractivity contribution in [3.63, 3.8) is 0 Å². The SMILES string of the molecule is CCCCCC/C=C\CCCCCCCCCC(=O)OCC(COC(=O)CCCCCCC/C=C\CCCCCCCCCCC)OC(=O)CCC/C=C\C/C=C\C/C=C\CCCCCCCC. The summed E-state index contributed by atoms with van der Waals surface area (Å²) in [6.07, 6.45) is 70.7. The summed E-state index contributed by atoms with van der Waals surface area (Å²) in [5.41, 5.74) is 0. The maximum Gasteiger partial charge on any atom is 0.306 e. The first kappa shape index (κ1) is 65.1. The highest BCUT2D eigenvalue weighted by Gasteiger charge is 2.19. The van der Waals surface area contributed by atoms with Gasteiger partial charge in [0.05, 0.1) is 0 Å². The highest BCUT2D eigenvalue weighted by molar-refractivity contribution is 5.71. The highest BCUT2D eigenvalue weighted by Crippen LogP contribution is 2.15. The largest absolute Gasteiger partial charge is 0.462 e. The quantitative estimate of drug-likeness (QED) is 0.0262. The van der Waals surface area contributed by atoms with Crippen molar-refractivity contribution in [2.75, 3.05) is 13.2 Å². The number of carbonyl (C=O) groups is 3. The van der Waals surface area contributed by atoms with Gasteiger partial charge in [-0.1, -0.05) is 236 Å². The molecule has 6 nitrogen and oxygen atoms in total. The van der Waals surface area contributed by atoms with Crippen LogP contribution in [0.15, 0.2) is 60.8 Å². The molecule has 0 aromatic rings. The van der Waals surface area contributed by atoms with E-state index in [-0.39, 0.29) is 37.5 Å². The molecule has 0 saturated heterocycles. The molecule has 0 spiro atoms. The van der Waals surface area contributed by atoms with Gasteiger partial charge in [0, 0.05) is 19.3 Å². The number of unbranched alkanes of at least 4 members (excludes halogenated alkanes) is 32. The van der Waals surface area contributed by atoms with Crippen LogP contribution in [0.3, 0.4) is 0 Å². The minimum absolute atomic E-state index is 0.0981. The van der Waals surface area contributed by atoms with Gasteiger partial charge in [-0.25, -0.2) is 0 Å². The molecule has 0 bridgehead atoms. The van der Waals surface area contributed by atoms with Crippen LogP contribution in [0.4, 0.5) is 0 Å². The van der Waals surface area contributed by atoms with Crippen molar-refractivity contribution in [2.45, 2.75) is 303 Å². The van der Waals surface area contributed by atoms with Crippen LogP contribution in [0.25, 0.3) is 0 Å². The normalized spacial score (nSPS) is 12.5. The van der Waals surface area contributed by atoms with Crippen LogP contribution >= 0.6 is 0 Å². The molecule has 1 unspecified atom stereocenters. The van der Waals surface area contributed by atoms with Gasteiger partial charge in [0.15, 0.2) is 6.10 Å². The van der Waals surface area contributed by atoms with Crippen molar-refractivity contribution in [2.24, 2.45) is 0 Å². The molecule has 0 radical (unpaired) electrons. The summed E-state index contributed by atoms with van der Waals surface area (Å²) in [4.78, 5) is 38.1. The van der Waals surface area contributed by atoms with Gasteiger partial charge in [-0.15, -0.1) is 0 Å². The molecule has 0 fully saturated rings. The Morgan fingerprint density at radius 1 is 0.294 bits per heavy atom. The average Bonchev–Trinajstić information content (AvgIpc) is 3.34. The Morgan fingerprint density at radius 3 is 0.897 bits per heavy atom. The third-order valence-electron chi connectivity index (χ3n) is 12.7. The topological polar surface area (TPSA) is 78.9 Å². The van der Waals surface area contributed by atoms with Gasteiger partial charge < -0.3 is 14.2 Å². The van der Waals surface area contributed by atoms with E-state index < -0.39 is 6.10 Å². The van der Waals surface area contributed by atoms with Crippen LogP contribution in [-0.4, -0.2) is 37.2 Å². The van der Waals surface area contributed by atoms with Gasteiger partial charge in [-0.05, 0) is 103 Å². The third kappa shape index (κ3) is 54.1. The molecule has 0 aromatic carbocycles. The number of esters is 3. The Morgan fingerprint density at radius 2 is 0.544 bits per heavy atom. The predicted molar refractivity (Wildman–Crippen MR) is 293 cm³/mol. The number of allylic oxidation sites excluding steroid dienone is 10. The van der Waals surface area contributed by atoms with Crippen molar-refractivity contribution in [1.29, 1.82) is 0 Å². The van der Waals surface area contributed by atoms with Crippen LogP contribution in [0, 0.1) is 0 Å². The lowest BCUT2D eigenvalue weighted by Crippen LogP contribution is -2.30. The summed E-state index contributed by atoms with van der Waals surface area (Å²) >= 11 is 0. The number of hydrogen-bond donors (Lipinski definition) is 0. The van der Waals surface area contributed by atoms with Crippen LogP contribution in [0.2, 0.25) is 0 Å². The molecular weight excluding hydrogens is 841 g/mol. The fourth-order valence-electron chi connectivity index (χ4n) is 8.27. The van der Waals surface area contributed by atoms with E-state index in [0.29, 0.717) is 19.3 Å². The third-order valence-corrected chi connectivity index (χ3v) is 12.7. The molecule has 0 amide bonds. The fraction of sp³-hybridized carbons (Fsp3) is 0.790. The lowest BCUT2D eigenvalue weighted by atomic mass is 10.1. The van der Waals surface area contributed by atoms with Gasteiger partial charge in [0.1, 0.15) is 13.2 Å². The van der Waals surface area contributed by atoms with E-state index in [1.807, 2.05) is 0 Å². The van der Waals surface area contributed by atoms with E-state index >= 15 is 0 Å². The molecule has 6 heteroatoms. The molecule has 0 aliphatic carbocycles. The Balaban J connectivity index is 4.45. The van der Waals surface area contributed by atoms with E-state index in [4.69, 9.17) is 14.2 Å². The number of rotatable bonds is 53. The van der Waals surface area contributed by atoms with E-state index in [9.17, 15) is 14.4 Å². The minimum atomic E-state index is -0.805. The lowest BCUT2D eigenvalue weighted by molar-refractivity contribution is -0.167. The highest BCUT2D eigenvalue weighted by atomic mass is 16.6. The molecule has 394 valence electrons. The number of hydrogen-bond acceptors (Lipinski definition) is 6. The maximum absolute atomic E-state index is 12.8. The van der Waals surface area contributed by atoms with Crippen molar-refractivity contribution in [1.82, 2.24) is 0 Å². The second kappa shape index (κ2) is 56.7.